The maximum absolute atomic E-state index is 13.6. The molecule has 2 heterocycles. The number of hydrogen-bond acceptors (Lipinski definition) is 5. The molecule has 1 atom stereocenters. The molecular weight excluding hydrogens is 387 g/mol. The van der Waals surface area contributed by atoms with Crippen molar-refractivity contribution in [1.29, 1.82) is 0 Å². The lowest BCUT2D eigenvalue weighted by Gasteiger charge is -2.20. The zero-order valence-corrected chi connectivity index (χ0v) is 16.1. The van der Waals surface area contributed by atoms with Gasteiger partial charge in [-0.2, -0.15) is 5.10 Å². The second-order valence-electron chi connectivity index (χ2n) is 6.88. The van der Waals surface area contributed by atoms with Gasteiger partial charge >= 0.3 is 5.97 Å². The highest BCUT2D eigenvalue weighted by Gasteiger charge is 2.18. The highest BCUT2D eigenvalue weighted by molar-refractivity contribution is 5.82. The van der Waals surface area contributed by atoms with Crippen LogP contribution in [0.2, 0.25) is 0 Å². The van der Waals surface area contributed by atoms with E-state index < -0.39 is 12.1 Å². The zero-order chi connectivity index (χ0) is 21.3. The van der Waals surface area contributed by atoms with Crippen LogP contribution in [-0.2, 0) is 11.2 Å². The minimum absolute atomic E-state index is 0.113. The van der Waals surface area contributed by atoms with Crippen molar-refractivity contribution in [3.05, 3.63) is 77.9 Å². The van der Waals surface area contributed by atoms with Gasteiger partial charge in [0, 0.05) is 23.3 Å². The standard InChI is InChI=1S/C22H19FN4O3/c1-13(30-20-12-15-11-16(23)4-5-18(15)26-22(20)24)17-9-14(10-21(28)29)3-6-19(17)27-8-2-7-25-27/h2-9,11-13H,10H2,1H3,(H2,24,26)(H,28,29). The summed E-state index contributed by atoms with van der Waals surface area (Å²) in [4.78, 5) is 15.4. The van der Waals surface area contributed by atoms with E-state index in [1.807, 2.05) is 6.92 Å². The third-order valence-corrected chi connectivity index (χ3v) is 4.71. The number of aromatic nitrogens is 3. The SMILES string of the molecule is CC(Oc1cc2cc(F)ccc2nc1N)c1cc(CC(=O)O)ccc1-n1cccn1. The maximum atomic E-state index is 13.6. The van der Waals surface area contributed by atoms with Crippen molar-refractivity contribution in [3.8, 4) is 11.4 Å². The van der Waals surface area contributed by atoms with Crippen LogP contribution < -0.4 is 10.5 Å². The molecule has 0 fully saturated rings. The van der Waals surface area contributed by atoms with Gasteiger partial charge in [0.1, 0.15) is 11.9 Å². The average molecular weight is 406 g/mol. The number of rotatable bonds is 6. The monoisotopic (exact) mass is 406 g/mol. The summed E-state index contributed by atoms with van der Waals surface area (Å²) in [6, 6.07) is 13.0. The van der Waals surface area contributed by atoms with Crippen LogP contribution in [-0.4, -0.2) is 25.8 Å². The number of aliphatic carboxylic acids is 1. The summed E-state index contributed by atoms with van der Waals surface area (Å²) in [7, 11) is 0. The molecule has 0 aliphatic heterocycles. The Morgan fingerprint density at radius 1 is 1.27 bits per heavy atom. The lowest BCUT2D eigenvalue weighted by Crippen LogP contribution is -2.11. The highest BCUT2D eigenvalue weighted by Crippen LogP contribution is 2.32. The Balaban J connectivity index is 1.73. The summed E-state index contributed by atoms with van der Waals surface area (Å²) in [6.45, 7) is 1.82. The number of fused-ring (bicyclic) bond motifs is 1. The summed E-state index contributed by atoms with van der Waals surface area (Å²) < 4.78 is 21.4. The van der Waals surface area contributed by atoms with E-state index in [0.29, 0.717) is 22.2 Å². The van der Waals surface area contributed by atoms with Crippen molar-refractivity contribution in [1.82, 2.24) is 14.8 Å². The summed E-state index contributed by atoms with van der Waals surface area (Å²) in [5.41, 5.74) is 8.74. The van der Waals surface area contributed by atoms with Gasteiger partial charge < -0.3 is 15.6 Å². The number of carboxylic acids is 1. The van der Waals surface area contributed by atoms with E-state index in [4.69, 9.17) is 15.6 Å². The van der Waals surface area contributed by atoms with Crippen molar-refractivity contribution in [2.24, 2.45) is 0 Å². The van der Waals surface area contributed by atoms with Crippen molar-refractivity contribution >= 4 is 22.7 Å². The fourth-order valence-electron chi connectivity index (χ4n) is 3.33. The fraction of sp³-hybridized carbons (Fsp3) is 0.136. The topological polar surface area (TPSA) is 103 Å². The molecule has 0 aliphatic carbocycles. The van der Waals surface area contributed by atoms with E-state index in [2.05, 4.69) is 10.1 Å². The molecule has 0 spiro atoms. The van der Waals surface area contributed by atoms with Crippen LogP contribution in [0.5, 0.6) is 5.75 Å². The maximum Gasteiger partial charge on any atom is 0.307 e. The van der Waals surface area contributed by atoms with Crippen LogP contribution >= 0.6 is 0 Å². The molecule has 0 amide bonds. The van der Waals surface area contributed by atoms with Gasteiger partial charge in [-0.15, -0.1) is 0 Å². The normalized spacial score (nSPS) is 12.1. The third kappa shape index (κ3) is 3.93. The summed E-state index contributed by atoms with van der Waals surface area (Å²) in [5, 5.41) is 14.0. The molecule has 2 aromatic carbocycles. The molecule has 0 aliphatic rings. The van der Waals surface area contributed by atoms with E-state index in [9.17, 15) is 9.18 Å². The molecule has 1 unspecified atom stereocenters. The van der Waals surface area contributed by atoms with Gasteiger partial charge in [-0.05, 0) is 55.0 Å². The van der Waals surface area contributed by atoms with Gasteiger partial charge in [0.2, 0.25) is 0 Å². The summed E-state index contributed by atoms with van der Waals surface area (Å²) >= 11 is 0. The Bertz CT molecular complexity index is 1220. The van der Waals surface area contributed by atoms with Crippen LogP contribution in [0, 0.1) is 5.82 Å². The predicted octanol–water partition coefficient (Wildman–Crippen LogP) is 3.91. The Hall–Kier alpha value is -3.94. The number of halogens is 1. The van der Waals surface area contributed by atoms with Gasteiger partial charge in [0.15, 0.2) is 11.6 Å². The number of benzene rings is 2. The van der Waals surface area contributed by atoms with Crippen LogP contribution in [0.1, 0.15) is 24.2 Å². The Morgan fingerprint density at radius 3 is 2.83 bits per heavy atom. The first-order valence-electron chi connectivity index (χ1n) is 9.28. The molecule has 0 saturated heterocycles. The Kier molecular flexibility index (Phi) is 5.05. The van der Waals surface area contributed by atoms with E-state index in [1.165, 1.54) is 12.1 Å². The van der Waals surface area contributed by atoms with Crippen molar-refractivity contribution in [2.75, 3.05) is 5.73 Å². The minimum atomic E-state index is -0.925. The number of ether oxygens (including phenoxy) is 1. The Morgan fingerprint density at radius 2 is 2.10 bits per heavy atom. The van der Waals surface area contributed by atoms with Crippen LogP contribution in [0.25, 0.3) is 16.6 Å². The van der Waals surface area contributed by atoms with Gasteiger partial charge in [0.05, 0.1) is 17.6 Å². The van der Waals surface area contributed by atoms with E-state index in [-0.39, 0.29) is 18.1 Å². The largest absolute Gasteiger partial charge is 0.482 e. The fourth-order valence-corrected chi connectivity index (χ4v) is 3.33. The van der Waals surface area contributed by atoms with Crippen LogP contribution in [0.4, 0.5) is 10.2 Å². The molecule has 8 heteroatoms. The van der Waals surface area contributed by atoms with Gasteiger partial charge in [-0.1, -0.05) is 6.07 Å². The first kappa shape index (κ1) is 19.4. The molecule has 0 bridgehead atoms. The minimum Gasteiger partial charge on any atom is -0.482 e. The number of nitrogens with two attached hydrogens (primary N) is 1. The molecule has 0 radical (unpaired) electrons. The van der Waals surface area contributed by atoms with Crippen molar-refractivity contribution in [2.45, 2.75) is 19.4 Å². The number of pyridine rings is 1. The molecule has 2 aromatic heterocycles. The number of carboxylic acid groups (broad SMARTS) is 1. The molecule has 30 heavy (non-hydrogen) atoms. The summed E-state index contributed by atoms with van der Waals surface area (Å²) in [5.74, 6) is -0.805. The molecule has 152 valence electrons. The van der Waals surface area contributed by atoms with E-state index >= 15 is 0 Å². The van der Waals surface area contributed by atoms with E-state index in [1.54, 1.807) is 53.5 Å². The molecular formula is C22H19FN4O3. The van der Waals surface area contributed by atoms with Gasteiger partial charge in [-0.3, -0.25) is 4.79 Å². The number of nitrogen functional groups attached to an aromatic ring is 1. The van der Waals surface area contributed by atoms with Crippen molar-refractivity contribution in [3.63, 3.8) is 0 Å². The smallest absolute Gasteiger partial charge is 0.307 e. The summed E-state index contributed by atoms with van der Waals surface area (Å²) in [6.07, 6.45) is 2.82. The first-order valence-corrected chi connectivity index (χ1v) is 9.28. The van der Waals surface area contributed by atoms with Crippen LogP contribution in [0.15, 0.2) is 60.9 Å². The molecule has 3 N–H and O–H groups in total. The first-order chi connectivity index (χ1) is 14.4. The molecule has 7 nitrogen and oxygen atoms in total. The van der Waals surface area contributed by atoms with Crippen LogP contribution in [0.3, 0.4) is 0 Å². The third-order valence-electron chi connectivity index (χ3n) is 4.71. The number of hydrogen-bond donors (Lipinski definition) is 2. The lowest BCUT2D eigenvalue weighted by atomic mass is 10.0. The second kappa shape index (κ2) is 7.82. The Labute approximate surface area is 171 Å². The average Bonchev–Trinajstić information content (AvgIpc) is 3.23. The zero-order valence-electron chi connectivity index (χ0n) is 16.1. The second-order valence-corrected chi connectivity index (χ2v) is 6.88. The number of nitrogens with zero attached hydrogens (tertiary/aromatic N) is 3. The number of carbonyl (C=O) groups is 1. The number of anilines is 1. The quantitative estimate of drug-likeness (QED) is 0.503. The van der Waals surface area contributed by atoms with Gasteiger partial charge in [0.25, 0.3) is 0 Å². The van der Waals surface area contributed by atoms with E-state index in [0.717, 1.165) is 11.3 Å². The van der Waals surface area contributed by atoms with Crippen molar-refractivity contribution < 1.29 is 19.0 Å². The molecule has 4 aromatic rings. The highest BCUT2D eigenvalue weighted by atomic mass is 19.1. The molecule has 4 rings (SSSR count). The molecule has 0 saturated carbocycles. The lowest BCUT2D eigenvalue weighted by molar-refractivity contribution is -0.136. The van der Waals surface area contributed by atoms with Gasteiger partial charge in [-0.25, -0.2) is 14.1 Å². The predicted molar refractivity (Wildman–Crippen MR) is 110 cm³/mol.